The number of hydrogen-bond acceptors (Lipinski definition) is 5. The first-order valence-electron chi connectivity index (χ1n) is 20.1. The van der Waals surface area contributed by atoms with E-state index in [2.05, 4.69) is 132 Å². The number of rotatable bonds is 7. The van der Waals surface area contributed by atoms with E-state index in [4.69, 9.17) is 19.9 Å². The first kappa shape index (κ1) is 35.0. The van der Waals surface area contributed by atoms with E-state index in [0.717, 1.165) is 82.6 Å². The Morgan fingerprint density at radius 1 is 0.267 bits per heavy atom. The van der Waals surface area contributed by atoms with Gasteiger partial charge in [-0.2, -0.15) is 0 Å². The van der Waals surface area contributed by atoms with Gasteiger partial charge in [-0.15, -0.1) is 0 Å². The number of fused-ring (bicyclic) bond motifs is 4. The summed E-state index contributed by atoms with van der Waals surface area (Å²) >= 11 is 0. The van der Waals surface area contributed by atoms with Crippen LogP contribution in [0.3, 0.4) is 0 Å². The molecular formula is C55H35N5. The fraction of sp³-hybridized carbons (Fsp3) is 0. The van der Waals surface area contributed by atoms with Crippen LogP contribution >= 0.6 is 0 Å². The van der Waals surface area contributed by atoms with Gasteiger partial charge in [-0.3, -0.25) is 4.98 Å². The Morgan fingerprint density at radius 3 is 1.38 bits per heavy atom. The molecule has 0 saturated carbocycles. The molecule has 0 saturated heterocycles. The molecule has 3 heterocycles. The van der Waals surface area contributed by atoms with Crippen LogP contribution in [0, 0.1) is 0 Å². The molecule has 5 heteroatoms. The van der Waals surface area contributed by atoms with Crippen molar-refractivity contribution >= 4 is 32.4 Å². The summed E-state index contributed by atoms with van der Waals surface area (Å²) in [7, 11) is 0. The second-order valence-corrected chi connectivity index (χ2v) is 14.9. The first-order chi connectivity index (χ1) is 29.7. The molecule has 0 unspecified atom stereocenters. The Kier molecular flexibility index (Phi) is 8.75. The fourth-order valence-electron chi connectivity index (χ4n) is 8.26. The van der Waals surface area contributed by atoms with Gasteiger partial charge in [0.05, 0.1) is 11.2 Å². The van der Waals surface area contributed by atoms with Crippen molar-refractivity contribution in [3.05, 3.63) is 213 Å². The van der Waals surface area contributed by atoms with Gasteiger partial charge < -0.3 is 0 Å². The Morgan fingerprint density at radius 2 is 0.733 bits per heavy atom. The van der Waals surface area contributed by atoms with Crippen molar-refractivity contribution in [1.82, 2.24) is 24.9 Å². The molecule has 0 aliphatic rings. The first-order valence-corrected chi connectivity index (χ1v) is 20.1. The van der Waals surface area contributed by atoms with E-state index in [0.29, 0.717) is 17.5 Å². The Bertz CT molecular complexity index is 3290. The summed E-state index contributed by atoms with van der Waals surface area (Å²) in [5.74, 6) is 1.85. The number of hydrogen-bond donors (Lipinski definition) is 0. The molecule has 0 amide bonds. The van der Waals surface area contributed by atoms with Crippen LogP contribution in [0.4, 0.5) is 0 Å². The number of benzene rings is 8. The van der Waals surface area contributed by atoms with E-state index in [1.807, 2.05) is 85.2 Å². The van der Waals surface area contributed by atoms with Gasteiger partial charge in [-0.25, -0.2) is 19.9 Å². The van der Waals surface area contributed by atoms with Crippen molar-refractivity contribution in [2.75, 3.05) is 0 Å². The van der Waals surface area contributed by atoms with Crippen molar-refractivity contribution < 1.29 is 0 Å². The highest BCUT2D eigenvalue weighted by Crippen LogP contribution is 2.41. The zero-order chi connectivity index (χ0) is 39.8. The van der Waals surface area contributed by atoms with Crippen molar-refractivity contribution in [3.8, 4) is 78.8 Å². The van der Waals surface area contributed by atoms with Crippen molar-refractivity contribution in [2.45, 2.75) is 0 Å². The van der Waals surface area contributed by atoms with E-state index in [9.17, 15) is 0 Å². The van der Waals surface area contributed by atoms with Gasteiger partial charge in [0, 0.05) is 45.4 Å². The van der Waals surface area contributed by atoms with Gasteiger partial charge in [-0.1, -0.05) is 170 Å². The molecule has 60 heavy (non-hydrogen) atoms. The molecule has 0 radical (unpaired) electrons. The molecular weight excluding hydrogens is 731 g/mol. The minimum atomic E-state index is 0.604. The second kappa shape index (κ2) is 15.0. The molecule has 0 aliphatic carbocycles. The summed E-state index contributed by atoms with van der Waals surface area (Å²) in [6.07, 6.45) is 3.80. The van der Waals surface area contributed by atoms with Crippen LogP contribution in [0.5, 0.6) is 0 Å². The molecule has 0 spiro atoms. The summed E-state index contributed by atoms with van der Waals surface area (Å²) in [6, 6.07) is 69.7. The van der Waals surface area contributed by atoms with Crippen LogP contribution in [0.25, 0.3) is 111 Å². The van der Waals surface area contributed by atoms with E-state index in [1.165, 1.54) is 11.1 Å². The quantitative estimate of drug-likeness (QED) is 0.151. The highest BCUT2D eigenvalue weighted by Gasteiger charge is 2.18. The Balaban J connectivity index is 1.13. The molecule has 11 rings (SSSR count). The van der Waals surface area contributed by atoms with Gasteiger partial charge in [0.15, 0.2) is 17.5 Å². The summed E-state index contributed by atoms with van der Waals surface area (Å²) in [5, 5.41) is 5.51. The monoisotopic (exact) mass is 765 g/mol. The van der Waals surface area contributed by atoms with Gasteiger partial charge in [0.25, 0.3) is 0 Å². The number of pyridine rings is 2. The lowest BCUT2D eigenvalue weighted by Gasteiger charge is -2.16. The minimum absolute atomic E-state index is 0.604. The molecule has 0 N–H and O–H groups in total. The topological polar surface area (TPSA) is 64.5 Å². The van der Waals surface area contributed by atoms with Gasteiger partial charge in [-0.05, 0) is 79.9 Å². The summed E-state index contributed by atoms with van der Waals surface area (Å²) in [6.45, 7) is 0. The average Bonchev–Trinajstić information content (AvgIpc) is 3.34. The largest absolute Gasteiger partial charge is 0.264 e. The van der Waals surface area contributed by atoms with Crippen molar-refractivity contribution in [1.29, 1.82) is 0 Å². The smallest absolute Gasteiger partial charge is 0.164 e. The summed E-state index contributed by atoms with van der Waals surface area (Å²) in [5.41, 5.74) is 12.3. The predicted octanol–water partition coefficient (Wildman–Crippen LogP) is 13.8. The minimum Gasteiger partial charge on any atom is -0.264 e. The Labute approximate surface area is 347 Å². The van der Waals surface area contributed by atoms with Crippen LogP contribution in [-0.2, 0) is 0 Å². The SMILES string of the molecule is c1ccc(-c2ccc(-c3cc(-c4nc(-c5ccccc5)nc(-c5ccccc5)n4)cc(-c4ccc(-c5nc6ccccc6c6ccncc56)c5ccccc45)c3)cc2)cc1. The molecule has 280 valence electrons. The molecule has 0 aliphatic heterocycles. The third-order valence-corrected chi connectivity index (χ3v) is 11.2. The number of para-hydroxylation sites is 1. The maximum atomic E-state index is 5.27. The summed E-state index contributed by atoms with van der Waals surface area (Å²) < 4.78 is 0. The highest BCUT2D eigenvalue weighted by atomic mass is 15.0. The van der Waals surface area contributed by atoms with Gasteiger partial charge in [0.1, 0.15) is 0 Å². The molecule has 0 atom stereocenters. The van der Waals surface area contributed by atoms with E-state index >= 15 is 0 Å². The molecule has 0 fully saturated rings. The zero-order valence-corrected chi connectivity index (χ0v) is 32.4. The third kappa shape index (κ3) is 6.45. The zero-order valence-electron chi connectivity index (χ0n) is 32.4. The lowest BCUT2D eigenvalue weighted by molar-refractivity contribution is 1.07. The van der Waals surface area contributed by atoms with Crippen LogP contribution in [-0.4, -0.2) is 24.9 Å². The van der Waals surface area contributed by atoms with E-state index in [1.54, 1.807) is 0 Å². The molecule has 11 aromatic rings. The Hall–Kier alpha value is -8.15. The van der Waals surface area contributed by atoms with Crippen LogP contribution in [0.15, 0.2) is 213 Å². The van der Waals surface area contributed by atoms with Crippen LogP contribution in [0.1, 0.15) is 0 Å². The fourth-order valence-corrected chi connectivity index (χ4v) is 8.26. The maximum Gasteiger partial charge on any atom is 0.164 e. The van der Waals surface area contributed by atoms with Gasteiger partial charge in [0.2, 0.25) is 0 Å². The maximum absolute atomic E-state index is 5.27. The number of aromatic nitrogens is 5. The van der Waals surface area contributed by atoms with Crippen LogP contribution in [0.2, 0.25) is 0 Å². The molecule has 3 aromatic heterocycles. The normalized spacial score (nSPS) is 11.3. The van der Waals surface area contributed by atoms with Crippen molar-refractivity contribution in [2.24, 2.45) is 0 Å². The average molecular weight is 766 g/mol. The highest BCUT2D eigenvalue weighted by molar-refractivity contribution is 6.14. The standard InChI is InChI=1S/C55H35N5/c1-4-14-36(15-5-1)37-24-26-38(27-25-37)41-32-42(34-43(33-41)55-59-53(39-16-6-2-7-17-39)58-54(60-55)40-18-8-3-9-19-40)44-28-29-49(46-21-11-10-20-45(44)46)52-50-35-56-31-30-47(50)48-22-12-13-23-51(48)57-52/h1-35H. The third-order valence-electron chi connectivity index (χ3n) is 11.2. The van der Waals surface area contributed by atoms with Crippen molar-refractivity contribution in [3.63, 3.8) is 0 Å². The molecule has 8 aromatic carbocycles. The number of nitrogens with zero attached hydrogens (tertiary/aromatic N) is 5. The lowest BCUT2D eigenvalue weighted by Crippen LogP contribution is -2.00. The predicted molar refractivity (Wildman–Crippen MR) is 246 cm³/mol. The lowest BCUT2D eigenvalue weighted by atomic mass is 9.89. The van der Waals surface area contributed by atoms with Crippen LogP contribution < -0.4 is 0 Å². The summed E-state index contributed by atoms with van der Waals surface area (Å²) in [4.78, 5) is 25.1. The molecule has 0 bridgehead atoms. The van der Waals surface area contributed by atoms with Gasteiger partial charge >= 0.3 is 0 Å². The van der Waals surface area contributed by atoms with E-state index < -0.39 is 0 Å². The second-order valence-electron chi connectivity index (χ2n) is 14.9. The van der Waals surface area contributed by atoms with E-state index in [-0.39, 0.29) is 0 Å². The molecule has 5 nitrogen and oxygen atoms in total.